The average molecular weight is 264 g/mol. The first-order valence-electron chi connectivity index (χ1n) is 5.60. The largest absolute Gasteiger partial charge is 0.453 e. The van der Waals surface area contributed by atoms with E-state index in [0.717, 1.165) is 0 Å². The molecule has 1 heterocycles. The van der Waals surface area contributed by atoms with Crippen molar-refractivity contribution in [1.29, 1.82) is 0 Å². The Hall–Kier alpha value is -1.98. The molecule has 19 heavy (non-hydrogen) atoms. The van der Waals surface area contributed by atoms with Crippen molar-refractivity contribution < 1.29 is 23.1 Å². The highest BCUT2D eigenvalue weighted by Gasteiger charge is 2.14. The van der Waals surface area contributed by atoms with E-state index in [1.807, 2.05) is 0 Å². The lowest BCUT2D eigenvalue weighted by Crippen LogP contribution is -2.04. The fourth-order valence-electron chi connectivity index (χ4n) is 1.81. The minimum absolute atomic E-state index is 0.158. The molecule has 0 N–H and O–H groups in total. The van der Waals surface area contributed by atoms with Gasteiger partial charge in [0, 0.05) is 19.8 Å². The van der Waals surface area contributed by atoms with E-state index in [0.29, 0.717) is 17.6 Å². The van der Waals surface area contributed by atoms with E-state index in [1.165, 1.54) is 26.4 Å². The van der Waals surface area contributed by atoms with Crippen molar-refractivity contribution in [2.75, 3.05) is 14.2 Å². The molecule has 0 aliphatic carbocycles. The molecule has 100 valence electrons. The summed E-state index contributed by atoms with van der Waals surface area (Å²) >= 11 is 0. The molecule has 1 aromatic heterocycles. The highest BCUT2D eigenvalue weighted by molar-refractivity contribution is 5.72. The first kappa shape index (κ1) is 13.5. The molecule has 4 nitrogen and oxygen atoms in total. The van der Waals surface area contributed by atoms with Gasteiger partial charge >= 0.3 is 0 Å². The Morgan fingerprint density at radius 1 is 1.21 bits per heavy atom. The second-order valence-electron chi connectivity index (χ2n) is 3.86. The van der Waals surface area contributed by atoms with Gasteiger partial charge in [-0.1, -0.05) is 6.07 Å². The van der Waals surface area contributed by atoms with Gasteiger partial charge in [-0.2, -0.15) is 0 Å². The third kappa shape index (κ3) is 2.72. The predicted molar refractivity (Wildman–Crippen MR) is 66.2 cm³/mol. The van der Waals surface area contributed by atoms with Gasteiger partial charge < -0.3 is 13.9 Å². The molecule has 5 heteroatoms. The maximum Gasteiger partial charge on any atom is 0.185 e. The van der Waals surface area contributed by atoms with Crippen LogP contribution in [0, 0.1) is 5.82 Å². The molecule has 0 radical (unpaired) electrons. The number of carbonyl (C=O) groups excluding carboxylic acids is 1. The molecular formula is C14H13FO4. The Balaban J connectivity index is 2.36. The molecule has 0 saturated carbocycles. The minimum Gasteiger partial charge on any atom is -0.453 e. The minimum atomic E-state index is -0.620. The summed E-state index contributed by atoms with van der Waals surface area (Å²) < 4.78 is 29.3. The van der Waals surface area contributed by atoms with Gasteiger partial charge in [0.15, 0.2) is 18.3 Å². The topological polar surface area (TPSA) is 48.7 Å². The molecule has 0 atom stereocenters. The van der Waals surface area contributed by atoms with Crippen LogP contribution in [0.25, 0.3) is 11.3 Å². The van der Waals surface area contributed by atoms with Crippen LogP contribution in [0.1, 0.15) is 22.4 Å². The number of hydrogen-bond acceptors (Lipinski definition) is 4. The standard InChI is InChI=1S/C14H13FO4/c1-17-14(18-2)9-3-5-11(12(15)7-9)13-6-4-10(8-16)19-13/h3-8,14H,1-2H3. The second-order valence-corrected chi connectivity index (χ2v) is 3.86. The third-order valence-corrected chi connectivity index (χ3v) is 2.70. The summed E-state index contributed by atoms with van der Waals surface area (Å²) in [5.41, 5.74) is 0.844. The lowest BCUT2D eigenvalue weighted by atomic mass is 10.1. The number of halogens is 1. The molecular weight excluding hydrogens is 251 g/mol. The van der Waals surface area contributed by atoms with Gasteiger partial charge in [-0.3, -0.25) is 4.79 Å². The number of carbonyl (C=O) groups is 1. The van der Waals surface area contributed by atoms with Crippen LogP contribution < -0.4 is 0 Å². The van der Waals surface area contributed by atoms with E-state index in [-0.39, 0.29) is 11.3 Å². The van der Waals surface area contributed by atoms with E-state index in [4.69, 9.17) is 13.9 Å². The molecule has 0 aliphatic heterocycles. The zero-order valence-electron chi connectivity index (χ0n) is 10.6. The molecule has 0 amide bonds. The highest BCUT2D eigenvalue weighted by Crippen LogP contribution is 2.28. The lowest BCUT2D eigenvalue weighted by Gasteiger charge is -2.14. The maximum absolute atomic E-state index is 14.0. The molecule has 0 bridgehead atoms. The Morgan fingerprint density at radius 2 is 1.95 bits per heavy atom. The van der Waals surface area contributed by atoms with Crippen molar-refractivity contribution in [3.63, 3.8) is 0 Å². The van der Waals surface area contributed by atoms with E-state index >= 15 is 0 Å². The van der Waals surface area contributed by atoms with Crippen LogP contribution in [0.4, 0.5) is 4.39 Å². The summed E-state index contributed by atoms with van der Waals surface area (Å²) in [6.07, 6.45) is -0.0487. The van der Waals surface area contributed by atoms with Gasteiger partial charge in [-0.25, -0.2) is 4.39 Å². The second kappa shape index (κ2) is 5.77. The van der Waals surface area contributed by atoms with E-state index in [1.54, 1.807) is 18.2 Å². The van der Waals surface area contributed by atoms with E-state index < -0.39 is 12.1 Å². The van der Waals surface area contributed by atoms with Crippen LogP contribution in [0.3, 0.4) is 0 Å². The van der Waals surface area contributed by atoms with Crippen LogP contribution in [-0.2, 0) is 9.47 Å². The van der Waals surface area contributed by atoms with Gasteiger partial charge in [-0.15, -0.1) is 0 Å². The SMILES string of the molecule is COC(OC)c1ccc(-c2ccc(C=O)o2)c(F)c1. The molecule has 0 aliphatic rings. The third-order valence-electron chi connectivity index (χ3n) is 2.70. The number of furan rings is 1. The van der Waals surface area contributed by atoms with Gasteiger partial charge in [-0.05, 0) is 24.3 Å². The Kier molecular flexibility index (Phi) is 4.09. The van der Waals surface area contributed by atoms with Crippen molar-refractivity contribution in [3.05, 3.63) is 47.5 Å². The smallest absolute Gasteiger partial charge is 0.185 e. The van der Waals surface area contributed by atoms with Crippen molar-refractivity contribution in [3.8, 4) is 11.3 Å². The molecule has 2 rings (SSSR count). The summed E-state index contributed by atoms with van der Waals surface area (Å²) in [5, 5.41) is 0. The number of ether oxygens (including phenoxy) is 2. The quantitative estimate of drug-likeness (QED) is 0.614. The molecule has 2 aromatic rings. The van der Waals surface area contributed by atoms with Crippen LogP contribution in [0.15, 0.2) is 34.7 Å². The average Bonchev–Trinajstić information content (AvgIpc) is 2.89. The molecule has 0 saturated heterocycles. The van der Waals surface area contributed by atoms with E-state index in [9.17, 15) is 9.18 Å². The summed E-state index contributed by atoms with van der Waals surface area (Å²) in [6.45, 7) is 0. The zero-order valence-corrected chi connectivity index (χ0v) is 10.6. The van der Waals surface area contributed by atoms with Crippen molar-refractivity contribution in [2.24, 2.45) is 0 Å². The molecule has 0 unspecified atom stereocenters. The first-order chi connectivity index (χ1) is 9.19. The van der Waals surface area contributed by atoms with Crippen molar-refractivity contribution in [1.82, 2.24) is 0 Å². The van der Waals surface area contributed by atoms with E-state index in [2.05, 4.69) is 0 Å². The Bertz CT molecular complexity index is 573. The number of hydrogen-bond donors (Lipinski definition) is 0. The molecule has 0 spiro atoms. The highest BCUT2D eigenvalue weighted by atomic mass is 19.1. The number of aldehydes is 1. The van der Waals surface area contributed by atoms with Gasteiger partial charge in [0.2, 0.25) is 0 Å². The monoisotopic (exact) mass is 264 g/mol. The van der Waals surface area contributed by atoms with Crippen LogP contribution in [0.2, 0.25) is 0 Å². The van der Waals surface area contributed by atoms with Crippen molar-refractivity contribution >= 4 is 6.29 Å². The van der Waals surface area contributed by atoms with Gasteiger partial charge in [0.25, 0.3) is 0 Å². The van der Waals surface area contributed by atoms with Gasteiger partial charge in [0.1, 0.15) is 11.6 Å². The van der Waals surface area contributed by atoms with Crippen LogP contribution in [-0.4, -0.2) is 20.5 Å². The summed E-state index contributed by atoms with van der Waals surface area (Å²) in [6, 6.07) is 7.59. The van der Waals surface area contributed by atoms with Gasteiger partial charge in [0.05, 0.1) is 5.56 Å². The fraction of sp³-hybridized carbons (Fsp3) is 0.214. The Morgan fingerprint density at radius 3 is 2.47 bits per heavy atom. The number of methoxy groups -OCH3 is 2. The lowest BCUT2D eigenvalue weighted by molar-refractivity contribution is -0.106. The molecule has 0 fully saturated rings. The zero-order chi connectivity index (χ0) is 13.8. The molecule has 1 aromatic carbocycles. The number of benzene rings is 1. The summed E-state index contributed by atoms with van der Waals surface area (Å²) in [7, 11) is 2.95. The predicted octanol–water partition coefficient (Wildman–Crippen LogP) is 3.19. The normalized spacial score (nSPS) is 10.9. The number of rotatable bonds is 5. The maximum atomic E-state index is 14.0. The summed E-state index contributed by atoms with van der Waals surface area (Å²) in [5.74, 6) is -0.00827. The fourth-order valence-corrected chi connectivity index (χ4v) is 1.81. The van der Waals surface area contributed by atoms with Crippen molar-refractivity contribution in [2.45, 2.75) is 6.29 Å². The van der Waals surface area contributed by atoms with Crippen LogP contribution in [0.5, 0.6) is 0 Å². The first-order valence-corrected chi connectivity index (χ1v) is 5.60. The Labute approximate surface area is 109 Å². The summed E-state index contributed by atoms with van der Waals surface area (Å²) in [4.78, 5) is 10.5. The van der Waals surface area contributed by atoms with Crippen LogP contribution >= 0.6 is 0 Å².